The smallest absolute Gasteiger partial charge is 0.223 e. The summed E-state index contributed by atoms with van der Waals surface area (Å²) in [5, 5.41) is 3.40. The Hall–Kier alpha value is -1.35. The zero-order chi connectivity index (χ0) is 16.1. The SMILES string of the molecule is NC[C@H]1CCC[C@H]1C(=O)NC1CCCCC1Cc1ccccc1. The first-order valence-electron chi connectivity index (χ1n) is 9.32. The molecule has 0 spiro atoms. The van der Waals surface area contributed by atoms with Crippen molar-refractivity contribution in [2.45, 2.75) is 57.4 Å². The van der Waals surface area contributed by atoms with Gasteiger partial charge >= 0.3 is 0 Å². The fourth-order valence-corrected chi connectivity index (χ4v) is 4.51. The van der Waals surface area contributed by atoms with Gasteiger partial charge in [0.1, 0.15) is 0 Å². The van der Waals surface area contributed by atoms with Gasteiger partial charge in [-0.2, -0.15) is 0 Å². The van der Waals surface area contributed by atoms with Gasteiger partial charge in [-0.1, -0.05) is 49.6 Å². The fraction of sp³-hybridized carbons (Fsp3) is 0.650. The molecule has 2 fully saturated rings. The molecule has 0 radical (unpaired) electrons. The minimum absolute atomic E-state index is 0.152. The number of nitrogens with one attached hydrogen (secondary N) is 1. The average Bonchev–Trinajstić information content (AvgIpc) is 3.06. The van der Waals surface area contributed by atoms with Gasteiger partial charge in [-0.25, -0.2) is 0 Å². The number of amides is 1. The van der Waals surface area contributed by atoms with E-state index < -0.39 is 0 Å². The molecule has 0 saturated heterocycles. The largest absolute Gasteiger partial charge is 0.353 e. The summed E-state index contributed by atoms with van der Waals surface area (Å²) in [6.07, 6.45) is 9.25. The molecule has 0 aliphatic heterocycles. The number of hydrogen-bond donors (Lipinski definition) is 2. The Morgan fingerprint density at radius 2 is 1.74 bits per heavy atom. The van der Waals surface area contributed by atoms with E-state index in [2.05, 4.69) is 35.6 Å². The second-order valence-electron chi connectivity index (χ2n) is 7.38. The summed E-state index contributed by atoms with van der Waals surface area (Å²) in [5.41, 5.74) is 7.23. The molecule has 0 aromatic heterocycles. The molecule has 23 heavy (non-hydrogen) atoms. The van der Waals surface area contributed by atoms with Gasteiger partial charge in [-0.3, -0.25) is 4.79 Å². The van der Waals surface area contributed by atoms with Crippen molar-refractivity contribution in [2.24, 2.45) is 23.5 Å². The Balaban J connectivity index is 1.61. The van der Waals surface area contributed by atoms with E-state index in [-0.39, 0.29) is 11.8 Å². The third-order valence-electron chi connectivity index (χ3n) is 5.88. The molecular formula is C20H30N2O. The maximum absolute atomic E-state index is 12.7. The molecule has 3 nitrogen and oxygen atoms in total. The quantitative estimate of drug-likeness (QED) is 0.876. The molecule has 1 aromatic rings. The van der Waals surface area contributed by atoms with Gasteiger partial charge in [0.25, 0.3) is 0 Å². The predicted molar refractivity (Wildman–Crippen MR) is 93.9 cm³/mol. The Labute approximate surface area is 140 Å². The molecular weight excluding hydrogens is 284 g/mol. The van der Waals surface area contributed by atoms with Gasteiger partial charge in [0, 0.05) is 12.0 Å². The van der Waals surface area contributed by atoms with Crippen molar-refractivity contribution in [3.63, 3.8) is 0 Å². The van der Waals surface area contributed by atoms with Crippen molar-refractivity contribution in [1.29, 1.82) is 0 Å². The summed E-state index contributed by atoms with van der Waals surface area (Å²) in [4.78, 5) is 12.7. The first kappa shape index (κ1) is 16.5. The molecule has 0 bridgehead atoms. The monoisotopic (exact) mass is 314 g/mol. The van der Waals surface area contributed by atoms with E-state index in [4.69, 9.17) is 5.73 Å². The van der Waals surface area contributed by atoms with E-state index in [0.717, 1.165) is 32.1 Å². The van der Waals surface area contributed by atoms with Gasteiger partial charge in [0.15, 0.2) is 0 Å². The number of nitrogens with two attached hydrogens (primary N) is 1. The Morgan fingerprint density at radius 3 is 2.52 bits per heavy atom. The molecule has 3 heteroatoms. The van der Waals surface area contributed by atoms with Crippen molar-refractivity contribution in [2.75, 3.05) is 6.54 Å². The molecule has 126 valence electrons. The van der Waals surface area contributed by atoms with Gasteiger partial charge in [0.2, 0.25) is 5.91 Å². The Morgan fingerprint density at radius 1 is 1.00 bits per heavy atom. The normalized spacial score (nSPS) is 31.0. The maximum Gasteiger partial charge on any atom is 0.223 e. The number of rotatable bonds is 5. The van der Waals surface area contributed by atoms with Gasteiger partial charge in [0.05, 0.1) is 0 Å². The molecule has 2 saturated carbocycles. The lowest BCUT2D eigenvalue weighted by atomic mass is 9.80. The lowest BCUT2D eigenvalue weighted by Gasteiger charge is -2.33. The molecule has 2 aliphatic rings. The molecule has 1 amide bonds. The zero-order valence-electron chi connectivity index (χ0n) is 14.0. The van der Waals surface area contributed by atoms with Crippen LogP contribution in [-0.4, -0.2) is 18.5 Å². The van der Waals surface area contributed by atoms with E-state index in [1.54, 1.807) is 0 Å². The third-order valence-corrected chi connectivity index (χ3v) is 5.88. The minimum atomic E-state index is 0.152. The van der Waals surface area contributed by atoms with Crippen molar-refractivity contribution < 1.29 is 4.79 Å². The van der Waals surface area contributed by atoms with Crippen molar-refractivity contribution in [1.82, 2.24) is 5.32 Å². The van der Waals surface area contributed by atoms with Crippen LogP contribution in [-0.2, 0) is 11.2 Å². The predicted octanol–water partition coefficient (Wildman–Crippen LogP) is 3.28. The summed E-state index contributed by atoms with van der Waals surface area (Å²) in [7, 11) is 0. The van der Waals surface area contributed by atoms with Crippen LogP contribution in [0.5, 0.6) is 0 Å². The summed E-state index contributed by atoms with van der Waals surface area (Å²) < 4.78 is 0. The van der Waals surface area contributed by atoms with Crippen molar-refractivity contribution in [3.05, 3.63) is 35.9 Å². The average molecular weight is 314 g/mol. The second-order valence-corrected chi connectivity index (χ2v) is 7.38. The molecule has 4 atom stereocenters. The van der Waals surface area contributed by atoms with Crippen LogP contribution in [0.1, 0.15) is 50.5 Å². The van der Waals surface area contributed by atoms with E-state index in [9.17, 15) is 4.79 Å². The van der Waals surface area contributed by atoms with Crippen LogP contribution in [0.15, 0.2) is 30.3 Å². The first-order chi connectivity index (χ1) is 11.3. The Kier molecular flexibility index (Phi) is 5.71. The summed E-state index contributed by atoms with van der Waals surface area (Å²) >= 11 is 0. The summed E-state index contributed by atoms with van der Waals surface area (Å²) in [6, 6.07) is 11.0. The van der Waals surface area contributed by atoms with E-state index >= 15 is 0 Å². The molecule has 1 aromatic carbocycles. The van der Waals surface area contributed by atoms with Crippen LogP contribution in [0.25, 0.3) is 0 Å². The highest BCUT2D eigenvalue weighted by Crippen LogP contribution is 2.33. The number of hydrogen-bond acceptors (Lipinski definition) is 2. The lowest BCUT2D eigenvalue weighted by molar-refractivity contribution is -0.127. The van der Waals surface area contributed by atoms with Crippen LogP contribution in [0, 0.1) is 17.8 Å². The molecule has 0 heterocycles. The second kappa shape index (κ2) is 7.96. The van der Waals surface area contributed by atoms with Crippen LogP contribution in [0.3, 0.4) is 0 Å². The lowest BCUT2D eigenvalue weighted by Crippen LogP contribution is -2.46. The highest BCUT2D eigenvalue weighted by atomic mass is 16.2. The summed E-state index contributed by atoms with van der Waals surface area (Å²) in [5.74, 6) is 1.39. The van der Waals surface area contributed by atoms with Crippen LogP contribution < -0.4 is 11.1 Å². The number of carbonyl (C=O) groups excluding carboxylic acids is 1. The molecule has 2 unspecified atom stereocenters. The van der Waals surface area contributed by atoms with Crippen LogP contribution in [0.4, 0.5) is 0 Å². The Bertz CT molecular complexity index is 502. The zero-order valence-corrected chi connectivity index (χ0v) is 14.0. The van der Waals surface area contributed by atoms with E-state index in [1.807, 2.05) is 0 Å². The molecule has 3 N–H and O–H groups in total. The molecule has 3 rings (SSSR count). The topological polar surface area (TPSA) is 55.1 Å². The van der Waals surface area contributed by atoms with Gasteiger partial charge in [-0.15, -0.1) is 0 Å². The highest BCUT2D eigenvalue weighted by Gasteiger charge is 2.34. The van der Waals surface area contributed by atoms with Crippen molar-refractivity contribution in [3.8, 4) is 0 Å². The first-order valence-corrected chi connectivity index (χ1v) is 9.32. The van der Waals surface area contributed by atoms with E-state index in [0.29, 0.717) is 24.4 Å². The molecule has 2 aliphatic carbocycles. The third kappa shape index (κ3) is 4.14. The number of benzene rings is 1. The van der Waals surface area contributed by atoms with Crippen molar-refractivity contribution >= 4 is 5.91 Å². The number of carbonyl (C=O) groups is 1. The maximum atomic E-state index is 12.7. The van der Waals surface area contributed by atoms with Gasteiger partial charge in [-0.05, 0) is 56.0 Å². The highest BCUT2D eigenvalue weighted by molar-refractivity contribution is 5.79. The standard InChI is InChI=1S/C20H30N2O/c21-14-17-10-6-11-18(17)20(23)22-19-12-5-4-9-16(19)13-15-7-2-1-3-8-15/h1-3,7-8,16-19H,4-6,9-14,21H2,(H,22,23)/t16?,17-,18-,19?/m1/s1. The van der Waals surface area contributed by atoms with Crippen LogP contribution in [0.2, 0.25) is 0 Å². The van der Waals surface area contributed by atoms with Gasteiger partial charge < -0.3 is 11.1 Å². The fourth-order valence-electron chi connectivity index (χ4n) is 4.51. The van der Waals surface area contributed by atoms with E-state index in [1.165, 1.54) is 24.8 Å². The van der Waals surface area contributed by atoms with Crippen LogP contribution >= 0.6 is 0 Å². The summed E-state index contributed by atoms with van der Waals surface area (Å²) in [6.45, 7) is 0.649. The minimum Gasteiger partial charge on any atom is -0.353 e.